The highest BCUT2D eigenvalue weighted by atomic mass is 35.5. The van der Waals surface area contributed by atoms with E-state index in [-0.39, 0.29) is 11.4 Å². The summed E-state index contributed by atoms with van der Waals surface area (Å²) in [5.74, 6) is 1.35. The molecule has 0 radical (unpaired) electrons. The maximum atomic E-state index is 9.45. The van der Waals surface area contributed by atoms with Crippen molar-refractivity contribution in [3.63, 3.8) is 0 Å². The Morgan fingerprint density at radius 1 is 1.44 bits per heavy atom. The molecular weight excluding hydrogens is 244 g/mol. The summed E-state index contributed by atoms with van der Waals surface area (Å²) in [6.45, 7) is 3.75. The Hall–Kier alpha value is -0.320. The quantitative estimate of drug-likeness (QED) is 0.666. The van der Waals surface area contributed by atoms with Gasteiger partial charge in [-0.25, -0.2) is 9.97 Å². The zero-order valence-electron chi connectivity index (χ0n) is 9.35. The van der Waals surface area contributed by atoms with Gasteiger partial charge in [0.25, 0.3) is 0 Å². The monoisotopic (exact) mass is 258 g/mol. The van der Waals surface area contributed by atoms with E-state index in [1.807, 2.05) is 6.92 Å². The normalized spacial score (nSPS) is 19.5. The van der Waals surface area contributed by atoms with Crippen LogP contribution in [0.1, 0.15) is 38.4 Å². The van der Waals surface area contributed by atoms with Gasteiger partial charge >= 0.3 is 0 Å². The number of halogens is 1. The highest BCUT2D eigenvalue weighted by Crippen LogP contribution is 2.39. The molecule has 1 N–H and O–H groups in total. The number of hydrogen-bond acceptors (Lipinski definition) is 4. The van der Waals surface area contributed by atoms with E-state index in [0.29, 0.717) is 11.1 Å². The molecule has 0 amide bonds. The summed E-state index contributed by atoms with van der Waals surface area (Å²) in [6.07, 6.45) is 1.97. The molecule has 0 aromatic carbocycles. The van der Waals surface area contributed by atoms with Gasteiger partial charge < -0.3 is 5.11 Å². The molecule has 1 aliphatic carbocycles. The first-order valence-corrected chi connectivity index (χ1v) is 6.71. The molecule has 2 unspecified atom stereocenters. The summed E-state index contributed by atoms with van der Waals surface area (Å²) < 4.78 is 0. The van der Waals surface area contributed by atoms with Gasteiger partial charge in [0.2, 0.25) is 0 Å². The number of aliphatic hydroxyl groups is 1. The van der Waals surface area contributed by atoms with Crippen molar-refractivity contribution in [3.05, 3.63) is 17.0 Å². The third-order valence-electron chi connectivity index (χ3n) is 2.62. The van der Waals surface area contributed by atoms with Gasteiger partial charge in [0.05, 0.1) is 6.10 Å². The Labute approximate surface area is 105 Å². The van der Waals surface area contributed by atoms with E-state index in [4.69, 9.17) is 11.6 Å². The van der Waals surface area contributed by atoms with Crippen LogP contribution in [0.15, 0.2) is 11.1 Å². The van der Waals surface area contributed by atoms with Crippen LogP contribution < -0.4 is 0 Å². The van der Waals surface area contributed by atoms with Gasteiger partial charge in [-0.3, -0.25) is 0 Å². The SMILES string of the molecule is CC(O)C(C)Sc1cc(Cl)nc(C2CC2)n1. The molecule has 1 aromatic rings. The number of nitrogens with zero attached hydrogens (tertiary/aromatic N) is 2. The second kappa shape index (κ2) is 4.90. The Bertz CT molecular complexity index is 382. The van der Waals surface area contributed by atoms with Crippen LogP contribution in [-0.2, 0) is 0 Å². The van der Waals surface area contributed by atoms with E-state index in [1.165, 1.54) is 11.8 Å². The van der Waals surface area contributed by atoms with Gasteiger partial charge in [0, 0.05) is 17.2 Å². The van der Waals surface area contributed by atoms with Crippen LogP contribution in [0.25, 0.3) is 0 Å². The third kappa shape index (κ3) is 3.09. The van der Waals surface area contributed by atoms with Crippen LogP contribution in [-0.4, -0.2) is 26.4 Å². The first-order valence-electron chi connectivity index (χ1n) is 5.45. The Morgan fingerprint density at radius 3 is 2.69 bits per heavy atom. The van der Waals surface area contributed by atoms with Crippen LogP contribution in [0.3, 0.4) is 0 Å². The third-order valence-corrected chi connectivity index (χ3v) is 4.03. The van der Waals surface area contributed by atoms with Gasteiger partial charge in [0.15, 0.2) is 0 Å². The molecule has 1 heterocycles. The average molecular weight is 259 g/mol. The topological polar surface area (TPSA) is 46.0 Å². The van der Waals surface area contributed by atoms with E-state index >= 15 is 0 Å². The molecule has 0 bridgehead atoms. The van der Waals surface area contributed by atoms with Crippen molar-refractivity contribution in [2.45, 2.75) is 49.0 Å². The predicted octanol–water partition coefficient (Wildman–Crippen LogP) is 2.87. The zero-order chi connectivity index (χ0) is 11.7. The Balaban J connectivity index is 2.13. The van der Waals surface area contributed by atoms with Crippen molar-refractivity contribution in [1.29, 1.82) is 0 Å². The molecule has 2 atom stereocenters. The molecule has 0 aliphatic heterocycles. The lowest BCUT2D eigenvalue weighted by atomic mass is 10.3. The number of hydrogen-bond donors (Lipinski definition) is 1. The lowest BCUT2D eigenvalue weighted by Gasteiger charge is -2.13. The van der Waals surface area contributed by atoms with Gasteiger partial charge in [-0.05, 0) is 19.8 Å². The Morgan fingerprint density at radius 2 is 2.12 bits per heavy atom. The number of aliphatic hydroxyl groups excluding tert-OH is 1. The molecule has 16 heavy (non-hydrogen) atoms. The minimum absolute atomic E-state index is 0.109. The van der Waals surface area contributed by atoms with Crippen LogP contribution in [0, 0.1) is 0 Å². The maximum Gasteiger partial charge on any atom is 0.134 e. The number of aromatic nitrogens is 2. The number of rotatable bonds is 4. The minimum Gasteiger partial charge on any atom is -0.392 e. The number of thioether (sulfide) groups is 1. The predicted molar refractivity (Wildman–Crippen MR) is 66.0 cm³/mol. The van der Waals surface area contributed by atoms with Crippen LogP contribution >= 0.6 is 23.4 Å². The molecule has 1 fully saturated rings. The van der Waals surface area contributed by atoms with Crippen LogP contribution in [0.4, 0.5) is 0 Å². The summed E-state index contributed by atoms with van der Waals surface area (Å²) in [6, 6.07) is 1.76. The second-order valence-corrected chi connectivity index (χ2v) is 6.01. The average Bonchev–Trinajstić information content (AvgIpc) is 2.99. The second-order valence-electron chi connectivity index (χ2n) is 4.22. The zero-order valence-corrected chi connectivity index (χ0v) is 10.9. The fourth-order valence-electron chi connectivity index (χ4n) is 1.29. The van der Waals surface area contributed by atoms with Gasteiger partial charge in [-0.1, -0.05) is 18.5 Å². The summed E-state index contributed by atoms with van der Waals surface area (Å²) >= 11 is 7.50. The molecule has 0 spiro atoms. The summed E-state index contributed by atoms with van der Waals surface area (Å²) in [5, 5.41) is 10.9. The van der Waals surface area contributed by atoms with E-state index in [2.05, 4.69) is 9.97 Å². The molecule has 0 saturated heterocycles. The highest BCUT2D eigenvalue weighted by molar-refractivity contribution is 7.99. The lowest BCUT2D eigenvalue weighted by Crippen LogP contribution is -2.15. The van der Waals surface area contributed by atoms with Gasteiger partial charge in [-0.2, -0.15) is 0 Å². The van der Waals surface area contributed by atoms with Crippen molar-refractivity contribution < 1.29 is 5.11 Å². The molecular formula is C11H15ClN2OS. The molecule has 5 heteroatoms. The molecule has 1 aromatic heterocycles. The van der Waals surface area contributed by atoms with Crippen LogP contribution in [0.5, 0.6) is 0 Å². The van der Waals surface area contributed by atoms with Crippen LogP contribution in [0.2, 0.25) is 5.15 Å². The Kier molecular flexibility index (Phi) is 3.72. The van der Waals surface area contributed by atoms with E-state index in [9.17, 15) is 5.11 Å². The summed E-state index contributed by atoms with van der Waals surface area (Å²) in [5.41, 5.74) is 0. The highest BCUT2D eigenvalue weighted by Gasteiger charge is 2.27. The smallest absolute Gasteiger partial charge is 0.134 e. The van der Waals surface area contributed by atoms with Crippen molar-refractivity contribution in [3.8, 4) is 0 Å². The van der Waals surface area contributed by atoms with E-state index < -0.39 is 0 Å². The molecule has 88 valence electrons. The summed E-state index contributed by atoms with van der Waals surface area (Å²) in [4.78, 5) is 8.70. The van der Waals surface area contributed by atoms with E-state index in [0.717, 1.165) is 23.7 Å². The summed E-state index contributed by atoms with van der Waals surface area (Å²) in [7, 11) is 0. The molecule has 1 saturated carbocycles. The van der Waals surface area contributed by atoms with Crippen molar-refractivity contribution in [2.24, 2.45) is 0 Å². The fraction of sp³-hybridized carbons (Fsp3) is 0.636. The standard InChI is InChI=1S/C11H15ClN2OS/c1-6(15)7(2)16-10-5-9(12)13-11(14-10)8-3-4-8/h5-8,15H,3-4H2,1-2H3. The molecule has 2 rings (SSSR count). The van der Waals surface area contributed by atoms with Gasteiger partial charge in [-0.15, -0.1) is 11.8 Å². The van der Waals surface area contributed by atoms with Crippen molar-refractivity contribution >= 4 is 23.4 Å². The van der Waals surface area contributed by atoms with Gasteiger partial charge in [0.1, 0.15) is 16.0 Å². The first kappa shape index (κ1) is 12.1. The van der Waals surface area contributed by atoms with Crippen molar-refractivity contribution in [1.82, 2.24) is 9.97 Å². The molecule has 1 aliphatic rings. The first-order chi connectivity index (χ1) is 7.56. The largest absolute Gasteiger partial charge is 0.392 e. The minimum atomic E-state index is -0.358. The van der Waals surface area contributed by atoms with Crippen molar-refractivity contribution in [2.75, 3.05) is 0 Å². The maximum absolute atomic E-state index is 9.45. The lowest BCUT2D eigenvalue weighted by molar-refractivity contribution is 0.196. The molecule has 3 nitrogen and oxygen atoms in total. The van der Waals surface area contributed by atoms with E-state index in [1.54, 1.807) is 13.0 Å². The fourth-order valence-corrected chi connectivity index (χ4v) is 2.45.